The van der Waals surface area contributed by atoms with Gasteiger partial charge < -0.3 is 15.1 Å². The first-order chi connectivity index (χ1) is 8.11. The monoisotopic (exact) mass is 254 g/mol. The molecule has 0 radical (unpaired) electrons. The molecule has 1 aliphatic heterocycles. The van der Waals surface area contributed by atoms with Crippen LogP contribution in [0.3, 0.4) is 0 Å². The van der Waals surface area contributed by atoms with Gasteiger partial charge in [0.1, 0.15) is 0 Å². The Balaban J connectivity index is 2.08. The number of likely N-dealkylation sites (N-methyl/N-ethyl adjacent to an activating group) is 1. The number of rotatable bonds is 3. The average molecular weight is 254 g/mol. The summed E-state index contributed by atoms with van der Waals surface area (Å²) in [7, 11) is 3.78. The average Bonchev–Trinajstić information content (AvgIpc) is 2.81. The SMILES string of the molecule is CNC(C)c1cnc(N2CCN(C)C(=O)C2)s1. The number of hydrogen-bond acceptors (Lipinski definition) is 5. The molecule has 0 aliphatic carbocycles. The van der Waals surface area contributed by atoms with Crippen LogP contribution in [0.1, 0.15) is 17.8 Å². The zero-order valence-corrected chi connectivity index (χ0v) is 11.3. The molecular weight excluding hydrogens is 236 g/mol. The van der Waals surface area contributed by atoms with Crippen LogP contribution in [0.4, 0.5) is 5.13 Å². The van der Waals surface area contributed by atoms with Crippen LogP contribution in [0.2, 0.25) is 0 Å². The highest BCUT2D eigenvalue weighted by Gasteiger charge is 2.23. The van der Waals surface area contributed by atoms with E-state index in [1.165, 1.54) is 4.88 Å². The van der Waals surface area contributed by atoms with Crippen LogP contribution in [0, 0.1) is 0 Å². The Labute approximate surface area is 105 Å². The molecule has 1 aromatic heterocycles. The molecule has 2 heterocycles. The molecule has 6 heteroatoms. The zero-order chi connectivity index (χ0) is 12.4. The van der Waals surface area contributed by atoms with Gasteiger partial charge in [0.15, 0.2) is 5.13 Å². The lowest BCUT2D eigenvalue weighted by Crippen LogP contribution is -2.48. The van der Waals surface area contributed by atoms with Crippen LogP contribution in [-0.2, 0) is 4.79 Å². The highest BCUT2D eigenvalue weighted by molar-refractivity contribution is 7.15. The topological polar surface area (TPSA) is 48.5 Å². The van der Waals surface area contributed by atoms with E-state index in [4.69, 9.17) is 0 Å². The number of carbonyl (C=O) groups excluding carboxylic acids is 1. The van der Waals surface area contributed by atoms with Crippen LogP contribution in [0.15, 0.2) is 6.20 Å². The second kappa shape index (κ2) is 5.01. The van der Waals surface area contributed by atoms with Crippen molar-refractivity contribution >= 4 is 22.4 Å². The molecule has 1 aromatic rings. The van der Waals surface area contributed by atoms with Crippen LogP contribution >= 0.6 is 11.3 Å². The number of aromatic nitrogens is 1. The first kappa shape index (κ1) is 12.3. The molecule has 5 nitrogen and oxygen atoms in total. The molecule has 1 unspecified atom stereocenters. The molecular formula is C11H18N4OS. The predicted octanol–water partition coefficient (Wildman–Crippen LogP) is 0.702. The van der Waals surface area contributed by atoms with Crippen molar-refractivity contribution in [2.24, 2.45) is 0 Å². The third-order valence-electron chi connectivity index (χ3n) is 3.10. The van der Waals surface area contributed by atoms with E-state index in [2.05, 4.69) is 22.1 Å². The van der Waals surface area contributed by atoms with E-state index in [1.807, 2.05) is 20.3 Å². The number of piperazine rings is 1. The summed E-state index contributed by atoms with van der Waals surface area (Å²) >= 11 is 1.66. The molecule has 2 rings (SSSR count). The molecule has 0 bridgehead atoms. The van der Waals surface area contributed by atoms with Crippen molar-refractivity contribution in [3.8, 4) is 0 Å². The molecule has 0 spiro atoms. The van der Waals surface area contributed by atoms with Crippen molar-refractivity contribution < 1.29 is 4.79 Å². The number of hydrogen-bond donors (Lipinski definition) is 1. The van der Waals surface area contributed by atoms with Gasteiger partial charge in [-0.25, -0.2) is 4.98 Å². The zero-order valence-electron chi connectivity index (χ0n) is 10.4. The van der Waals surface area contributed by atoms with Gasteiger partial charge in [0.2, 0.25) is 5.91 Å². The van der Waals surface area contributed by atoms with Gasteiger partial charge in [-0.1, -0.05) is 0 Å². The summed E-state index contributed by atoms with van der Waals surface area (Å²) in [6.45, 7) is 4.18. The van der Waals surface area contributed by atoms with Crippen molar-refractivity contribution in [2.75, 3.05) is 38.6 Å². The summed E-state index contributed by atoms with van der Waals surface area (Å²) in [6, 6.07) is 0.310. The Kier molecular flexibility index (Phi) is 3.63. The predicted molar refractivity (Wildman–Crippen MR) is 69.4 cm³/mol. The van der Waals surface area contributed by atoms with Crippen molar-refractivity contribution in [1.82, 2.24) is 15.2 Å². The van der Waals surface area contributed by atoms with Gasteiger partial charge in [0.25, 0.3) is 0 Å². The van der Waals surface area contributed by atoms with Crippen molar-refractivity contribution in [1.29, 1.82) is 0 Å². The minimum Gasteiger partial charge on any atom is -0.342 e. The summed E-state index contributed by atoms with van der Waals surface area (Å²) in [6.07, 6.45) is 1.89. The summed E-state index contributed by atoms with van der Waals surface area (Å²) < 4.78 is 0. The molecule has 94 valence electrons. The maximum Gasteiger partial charge on any atom is 0.241 e. The Morgan fingerprint density at radius 2 is 2.29 bits per heavy atom. The Hall–Kier alpha value is -1.14. The number of nitrogens with zero attached hydrogens (tertiary/aromatic N) is 3. The van der Waals surface area contributed by atoms with E-state index in [9.17, 15) is 4.79 Å². The third-order valence-corrected chi connectivity index (χ3v) is 4.34. The van der Waals surface area contributed by atoms with E-state index < -0.39 is 0 Å². The van der Waals surface area contributed by atoms with Crippen LogP contribution < -0.4 is 10.2 Å². The lowest BCUT2D eigenvalue weighted by atomic mass is 10.3. The van der Waals surface area contributed by atoms with E-state index in [0.29, 0.717) is 12.6 Å². The van der Waals surface area contributed by atoms with Crippen molar-refractivity contribution in [3.05, 3.63) is 11.1 Å². The molecule has 1 amide bonds. The van der Waals surface area contributed by atoms with Crippen molar-refractivity contribution in [2.45, 2.75) is 13.0 Å². The molecule has 1 aliphatic rings. The fourth-order valence-corrected chi connectivity index (χ4v) is 2.69. The van der Waals surface area contributed by atoms with Crippen LogP contribution in [-0.4, -0.2) is 49.5 Å². The second-order valence-electron chi connectivity index (χ2n) is 4.29. The first-order valence-corrected chi connectivity index (χ1v) is 6.55. The van der Waals surface area contributed by atoms with Gasteiger partial charge in [-0.3, -0.25) is 4.79 Å². The van der Waals surface area contributed by atoms with E-state index in [1.54, 1.807) is 16.2 Å². The summed E-state index contributed by atoms with van der Waals surface area (Å²) in [5, 5.41) is 4.14. The first-order valence-electron chi connectivity index (χ1n) is 5.73. The number of nitrogens with one attached hydrogen (secondary N) is 1. The lowest BCUT2D eigenvalue weighted by molar-refractivity contribution is -0.129. The van der Waals surface area contributed by atoms with E-state index in [0.717, 1.165) is 18.2 Å². The highest BCUT2D eigenvalue weighted by atomic mass is 32.1. The maximum atomic E-state index is 11.6. The summed E-state index contributed by atoms with van der Waals surface area (Å²) in [4.78, 5) is 21.0. The largest absolute Gasteiger partial charge is 0.342 e. The molecule has 1 atom stereocenters. The smallest absolute Gasteiger partial charge is 0.241 e. The van der Waals surface area contributed by atoms with Gasteiger partial charge in [-0.15, -0.1) is 11.3 Å². The number of thiazole rings is 1. The lowest BCUT2D eigenvalue weighted by Gasteiger charge is -2.31. The van der Waals surface area contributed by atoms with Crippen LogP contribution in [0.5, 0.6) is 0 Å². The van der Waals surface area contributed by atoms with Gasteiger partial charge >= 0.3 is 0 Å². The minimum absolute atomic E-state index is 0.162. The normalized spacial score (nSPS) is 18.6. The second-order valence-corrected chi connectivity index (χ2v) is 5.33. The number of carbonyl (C=O) groups is 1. The van der Waals surface area contributed by atoms with Gasteiger partial charge in [0, 0.05) is 37.3 Å². The van der Waals surface area contributed by atoms with Gasteiger partial charge in [0.05, 0.1) is 6.54 Å². The highest BCUT2D eigenvalue weighted by Crippen LogP contribution is 2.27. The maximum absolute atomic E-state index is 11.6. The molecule has 1 N–H and O–H groups in total. The Bertz CT molecular complexity index is 406. The summed E-state index contributed by atoms with van der Waals surface area (Å²) in [5.41, 5.74) is 0. The number of amides is 1. The molecule has 1 saturated heterocycles. The fraction of sp³-hybridized carbons (Fsp3) is 0.636. The van der Waals surface area contributed by atoms with E-state index in [-0.39, 0.29) is 5.91 Å². The summed E-state index contributed by atoms with van der Waals surface area (Å²) in [5.74, 6) is 0.162. The third kappa shape index (κ3) is 2.58. The van der Waals surface area contributed by atoms with Gasteiger partial charge in [-0.2, -0.15) is 0 Å². The number of anilines is 1. The van der Waals surface area contributed by atoms with Crippen LogP contribution in [0.25, 0.3) is 0 Å². The Morgan fingerprint density at radius 1 is 1.53 bits per heavy atom. The standard InChI is InChI=1S/C11H18N4OS/c1-8(12-2)9-6-13-11(17-9)15-5-4-14(3)10(16)7-15/h6,8,12H,4-5,7H2,1-3H3. The molecule has 0 aromatic carbocycles. The molecule has 1 fully saturated rings. The van der Waals surface area contributed by atoms with Gasteiger partial charge in [-0.05, 0) is 14.0 Å². The molecule has 17 heavy (non-hydrogen) atoms. The quantitative estimate of drug-likeness (QED) is 0.863. The Morgan fingerprint density at radius 3 is 2.94 bits per heavy atom. The van der Waals surface area contributed by atoms with Crippen molar-refractivity contribution in [3.63, 3.8) is 0 Å². The fourth-order valence-electron chi connectivity index (χ4n) is 1.69. The minimum atomic E-state index is 0.162. The van der Waals surface area contributed by atoms with E-state index >= 15 is 0 Å². The molecule has 0 saturated carbocycles.